The third-order valence-electron chi connectivity index (χ3n) is 3.72. The molecule has 1 saturated heterocycles. The van der Waals surface area contributed by atoms with Crippen molar-refractivity contribution in [1.82, 2.24) is 10.3 Å². The number of pyridine rings is 1. The van der Waals surface area contributed by atoms with Crippen LogP contribution in [0, 0.1) is 0 Å². The van der Waals surface area contributed by atoms with Gasteiger partial charge in [0, 0.05) is 29.2 Å². The summed E-state index contributed by atoms with van der Waals surface area (Å²) in [7, 11) is 0. The summed E-state index contributed by atoms with van der Waals surface area (Å²) in [5.41, 5.74) is 8.18. The second-order valence-corrected chi connectivity index (χ2v) is 4.64. The third kappa shape index (κ3) is 2.05. The Bertz CT molecular complexity index is 341. The molecule has 1 fully saturated rings. The maximum absolute atomic E-state index is 6.08. The summed E-state index contributed by atoms with van der Waals surface area (Å²) in [6.45, 7) is 3.31. The normalized spacial score (nSPS) is 26.3. The first-order valence-electron chi connectivity index (χ1n) is 6.23. The van der Waals surface area contributed by atoms with E-state index in [4.69, 9.17) is 5.73 Å². The van der Waals surface area contributed by atoms with Gasteiger partial charge in [-0.25, -0.2) is 0 Å². The van der Waals surface area contributed by atoms with Crippen molar-refractivity contribution in [3.05, 3.63) is 24.0 Å². The van der Waals surface area contributed by atoms with E-state index >= 15 is 0 Å². The van der Waals surface area contributed by atoms with E-state index < -0.39 is 0 Å². The first-order valence-corrected chi connectivity index (χ1v) is 6.23. The Balaban J connectivity index is 2.36. The van der Waals surface area contributed by atoms with Gasteiger partial charge in [-0.3, -0.25) is 4.98 Å². The molecule has 88 valence electrons. The van der Waals surface area contributed by atoms with Crippen LogP contribution in [0.2, 0.25) is 0 Å². The Kier molecular flexibility index (Phi) is 3.44. The zero-order valence-electron chi connectivity index (χ0n) is 10.00. The van der Waals surface area contributed by atoms with Gasteiger partial charge < -0.3 is 11.1 Å². The van der Waals surface area contributed by atoms with Crippen molar-refractivity contribution < 1.29 is 0 Å². The molecule has 0 radical (unpaired) electrons. The summed E-state index contributed by atoms with van der Waals surface area (Å²) in [5.74, 6) is 0. The van der Waals surface area contributed by atoms with E-state index in [-0.39, 0.29) is 5.54 Å². The van der Waals surface area contributed by atoms with Crippen molar-refractivity contribution in [2.75, 3.05) is 12.3 Å². The molecular weight excluding hydrogens is 198 g/mol. The van der Waals surface area contributed by atoms with Crippen LogP contribution in [0.1, 0.15) is 44.6 Å². The Morgan fingerprint density at radius 3 is 3.06 bits per heavy atom. The van der Waals surface area contributed by atoms with Crippen LogP contribution in [0.4, 0.5) is 5.69 Å². The summed E-state index contributed by atoms with van der Waals surface area (Å²) in [6.07, 6.45) is 9.78. The van der Waals surface area contributed by atoms with Crippen molar-refractivity contribution in [2.45, 2.75) is 44.6 Å². The van der Waals surface area contributed by atoms with Gasteiger partial charge in [-0.2, -0.15) is 0 Å². The molecule has 1 atom stereocenters. The number of rotatable bonds is 2. The van der Waals surface area contributed by atoms with Gasteiger partial charge in [-0.1, -0.05) is 19.8 Å². The summed E-state index contributed by atoms with van der Waals surface area (Å²) >= 11 is 0. The second kappa shape index (κ2) is 4.83. The fraction of sp³-hybridized carbons (Fsp3) is 0.615. The lowest BCUT2D eigenvalue weighted by Gasteiger charge is -2.34. The summed E-state index contributed by atoms with van der Waals surface area (Å²) < 4.78 is 0. The fourth-order valence-electron chi connectivity index (χ4n) is 2.67. The molecule has 3 heteroatoms. The highest BCUT2D eigenvalue weighted by Gasteiger charge is 2.32. The second-order valence-electron chi connectivity index (χ2n) is 4.64. The smallest absolute Gasteiger partial charge is 0.0467 e. The van der Waals surface area contributed by atoms with Crippen molar-refractivity contribution >= 4 is 5.69 Å². The van der Waals surface area contributed by atoms with Gasteiger partial charge in [0.2, 0.25) is 0 Å². The van der Waals surface area contributed by atoms with E-state index in [1.54, 1.807) is 6.20 Å². The largest absolute Gasteiger partial charge is 0.398 e. The number of nitrogens with zero attached hydrogens (tertiary/aromatic N) is 1. The minimum absolute atomic E-state index is 0.0504. The highest BCUT2D eigenvalue weighted by Crippen LogP contribution is 2.35. The number of hydrogen-bond acceptors (Lipinski definition) is 3. The molecule has 3 nitrogen and oxygen atoms in total. The highest BCUT2D eigenvalue weighted by molar-refractivity contribution is 5.48. The third-order valence-corrected chi connectivity index (χ3v) is 3.72. The zero-order valence-corrected chi connectivity index (χ0v) is 10.00. The first-order chi connectivity index (χ1) is 7.78. The van der Waals surface area contributed by atoms with E-state index in [9.17, 15) is 0 Å². The molecule has 1 aromatic heterocycles. The number of nitrogen functional groups attached to an aromatic ring is 1. The quantitative estimate of drug-likeness (QED) is 0.803. The Hall–Kier alpha value is -1.09. The van der Waals surface area contributed by atoms with Gasteiger partial charge in [0.25, 0.3) is 0 Å². The standard InChI is InChI=1S/C13H21N3/c1-2-13(7-4-3-5-8-16-13)11-10-15-9-6-12(11)14/h6,9-10,16H,2-5,7-8H2,1H3,(H2,14,15). The van der Waals surface area contributed by atoms with Crippen LogP contribution in [-0.2, 0) is 5.54 Å². The number of nitrogens with two attached hydrogens (primary N) is 1. The molecule has 1 aliphatic rings. The van der Waals surface area contributed by atoms with E-state index in [2.05, 4.69) is 17.2 Å². The van der Waals surface area contributed by atoms with Crippen molar-refractivity contribution in [3.8, 4) is 0 Å². The predicted molar refractivity (Wildman–Crippen MR) is 67.1 cm³/mol. The summed E-state index contributed by atoms with van der Waals surface area (Å²) in [5, 5.41) is 3.68. The fourth-order valence-corrected chi connectivity index (χ4v) is 2.67. The maximum Gasteiger partial charge on any atom is 0.0467 e. The Labute approximate surface area is 97.5 Å². The van der Waals surface area contributed by atoms with Crippen molar-refractivity contribution in [2.24, 2.45) is 0 Å². The number of anilines is 1. The zero-order chi connectivity index (χ0) is 11.4. The molecule has 1 aromatic rings. The van der Waals surface area contributed by atoms with Crippen LogP contribution in [0.25, 0.3) is 0 Å². The van der Waals surface area contributed by atoms with Crippen LogP contribution in [0.5, 0.6) is 0 Å². The molecule has 0 aliphatic carbocycles. The highest BCUT2D eigenvalue weighted by atomic mass is 15.0. The van der Waals surface area contributed by atoms with E-state index in [0.717, 1.165) is 18.7 Å². The molecule has 16 heavy (non-hydrogen) atoms. The minimum atomic E-state index is 0.0504. The molecule has 3 N–H and O–H groups in total. The first kappa shape index (κ1) is 11.4. The SMILES string of the molecule is CCC1(c2cnccc2N)CCCCCN1. The molecule has 0 amide bonds. The number of aromatic nitrogens is 1. The summed E-state index contributed by atoms with van der Waals surface area (Å²) in [4.78, 5) is 4.22. The molecule has 0 aromatic carbocycles. The average molecular weight is 219 g/mol. The van der Waals surface area contributed by atoms with Crippen LogP contribution in [0.15, 0.2) is 18.5 Å². The Morgan fingerprint density at radius 1 is 1.44 bits per heavy atom. The number of nitrogens with one attached hydrogen (secondary N) is 1. The van der Waals surface area contributed by atoms with Crippen molar-refractivity contribution in [3.63, 3.8) is 0 Å². The van der Waals surface area contributed by atoms with E-state index in [1.165, 1.54) is 31.2 Å². The van der Waals surface area contributed by atoms with E-state index in [1.807, 2.05) is 12.3 Å². The summed E-state index contributed by atoms with van der Waals surface area (Å²) in [6, 6.07) is 1.90. The van der Waals surface area contributed by atoms with Crippen molar-refractivity contribution in [1.29, 1.82) is 0 Å². The van der Waals surface area contributed by atoms with Crippen LogP contribution >= 0.6 is 0 Å². The maximum atomic E-state index is 6.08. The molecule has 1 unspecified atom stereocenters. The molecule has 0 bridgehead atoms. The molecule has 0 saturated carbocycles. The molecule has 2 rings (SSSR count). The van der Waals surface area contributed by atoms with Gasteiger partial charge in [-0.15, -0.1) is 0 Å². The van der Waals surface area contributed by atoms with Crippen LogP contribution in [0.3, 0.4) is 0 Å². The average Bonchev–Trinajstić information content (AvgIpc) is 2.56. The molecular formula is C13H21N3. The van der Waals surface area contributed by atoms with Gasteiger partial charge >= 0.3 is 0 Å². The predicted octanol–water partition coefficient (Wildman–Crippen LogP) is 2.43. The van der Waals surface area contributed by atoms with Gasteiger partial charge in [0.15, 0.2) is 0 Å². The molecule has 1 aliphatic heterocycles. The number of hydrogen-bond donors (Lipinski definition) is 2. The van der Waals surface area contributed by atoms with Crippen LogP contribution in [-0.4, -0.2) is 11.5 Å². The van der Waals surface area contributed by atoms with Gasteiger partial charge in [-0.05, 0) is 31.9 Å². The lowest BCUT2D eigenvalue weighted by molar-refractivity contribution is 0.313. The lowest BCUT2D eigenvalue weighted by atomic mass is 9.83. The van der Waals surface area contributed by atoms with Gasteiger partial charge in [0.1, 0.15) is 0 Å². The topological polar surface area (TPSA) is 50.9 Å². The van der Waals surface area contributed by atoms with E-state index in [0.29, 0.717) is 0 Å². The lowest BCUT2D eigenvalue weighted by Crippen LogP contribution is -2.41. The monoisotopic (exact) mass is 219 g/mol. The Morgan fingerprint density at radius 2 is 2.31 bits per heavy atom. The molecule has 0 spiro atoms. The minimum Gasteiger partial charge on any atom is -0.398 e. The molecule has 2 heterocycles. The van der Waals surface area contributed by atoms with Gasteiger partial charge in [0.05, 0.1) is 0 Å². The van der Waals surface area contributed by atoms with Crippen LogP contribution < -0.4 is 11.1 Å².